The van der Waals surface area contributed by atoms with E-state index in [9.17, 15) is 0 Å². The van der Waals surface area contributed by atoms with E-state index in [1.807, 2.05) is 54.6 Å². The molecule has 1 heterocycles. The van der Waals surface area contributed by atoms with E-state index in [1.165, 1.54) is 6.42 Å². The molecule has 0 fully saturated rings. The molecule has 5 nitrogen and oxygen atoms in total. The molecule has 0 radical (unpaired) electrons. The van der Waals surface area contributed by atoms with Gasteiger partial charge in [0.05, 0.1) is 30.5 Å². The van der Waals surface area contributed by atoms with Crippen molar-refractivity contribution in [3.8, 4) is 33.2 Å². The maximum atomic E-state index is 5.87. The zero-order valence-electron chi connectivity index (χ0n) is 19.5. The van der Waals surface area contributed by atoms with E-state index in [1.54, 1.807) is 24.7 Å². The van der Waals surface area contributed by atoms with Gasteiger partial charge in [0, 0.05) is 5.56 Å². The number of thiazole rings is 1. The molecular formula is C28H29N3O2S. The van der Waals surface area contributed by atoms with Gasteiger partial charge in [0.1, 0.15) is 0 Å². The molecule has 1 N–H and O–H groups in total. The lowest BCUT2D eigenvalue weighted by Gasteiger charge is -2.11. The summed E-state index contributed by atoms with van der Waals surface area (Å²) in [5, 5.41) is 5.15. The van der Waals surface area contributed by atoms with E-state index in [4.69, 9.17) is 14.5 Å². The predicted octanol–water partition coefficient (Wildman–Crippen LogP) is 7.50. The number of aromatic nitrogens is 1. The summed E-state index contributed by atoms with van der Waals surface area (Å²) in [6, 6.07) is 26.3. The van der Waals surface area contributed by atoms with E-state index < -0.39 is 0 Å². The zero-order valence-corrected chi connectivity index (χ0v) is 20.3. The van der Waals surface area contributed by atoms with Crippen molar-refractivity contribution in [1.29, 1.82) is 0 Å². The van der Waals surface area contributed by atoms with Crippen molar-refractivity contribution in [2.24, 2.45) is 5.10 Å². The van der Waals surface area contributed by atoms with Gasteiger partial charge in [0.2, 0.25) is 5.13 Å². The largest absolute Gasteiger partial charge is 0.493 e. The van der Waals surface area contributed by atoms with Gasteiger partial charge in [-0.1, -0.05) is 91.8 Å². The average molecular weight is 472 g/mol. The molecule has 6 heteroatoms. The highest BCUT2D eigenvalue weighted by Gasteiger charge is 2.14. The van der Waals surface area contributed by atoms with Crippen LogP contribution in [-0.2, 0) is 0 Å². The summed E-state index contributed by atoms with van der Waals surface area (Å²) in [4.78, 5) is 5.94. The maximum Gasteiger partial charge on any atom is 0.204 e. The highest BCUT2D eigenvalue weighted by Crippen LogP contribution is 2.38. The summed E-state index contributed by atoms with van der Waals surface area (Å²) in [6.45, 7) is 2.87. The quantitative estimate of drug-likeness (QED) is 0.140. The van der Waals surface area contributed by atoms with Crippen LogP contribution in [0.15, 0.2) is 84.0 Å². The van der Waals surface area contributed by atoms with Crippen molar-refractivity contribution in [3.63, 3.8) is 0 Å². The van der Waals surface area contributed by atoms with Crippen molar-refractivity contribution < 1.29 is 9.47 Å². The predicted molar refractivity (Wildman–Crippen MR) is 142 cm³/mol. The third kappa shape index (κ3) is 6.02. The van der Waals surface area contributed by atoms with E-state index >= 15 is 0 Å². The Labute approximate surface area is 205 Å². The first kappa shape index (κ1) is 23.5. The lowest BCUT2D eigenvalue weighted by Crippen LogP contribution is -2.00. The van der Waals surface area contributed by atoms with Gasteiger partial charge >= 0.3 is 0 Å². The van der Waals surface area contributed by atoms with Gasteiger partial charge in [-0.3, -0.25) is 5.43 Å². The summed E-state index contributed by atoms with van der Waals surface area (Å²) in [5.41, 5.74) is 7.17. The molecule has 0 saturated carbocycles. The standard InChI is InChI=1S/C28H29N3O2S/c1-3-4-11-18-33-24-17-16-21(19-25(24)32-2)20-29-31-28-30-26(22-12-7-5-8-13-22)27(34-28)23-14-9-6-10-15-23/h5-10,12-17,19-20H,3-4,11,18H2,1-2H3,(H,30,31)/b29-20-. The van der Waals surface area contributed by atoms with Gasteiger partial charge in [-0.15, -0.1) is 0 Å². The molecule has 1 aromatic heterocycles. The molecule has 4 rings (SSSR count). The van der Waals surface area contributed by atoms with Gasteiger partial charge < -0.3 is 9.47 Å². The van der Waals surface area contributed by atoms with Crippen LogP contribution < -0.4 is 14.9 Å². The number of nitrogens with zero attached hydrogens (tertiary/aromatic N) is 2. The smallest absolute Gasteiger partial charge is 0.204 e. The number of hydrogen-bond donors (Lipinski definition) is 1. The minimum absolute atomic E-state index is 0.691. The fourth-order valence-corrected chi connectivity index (χ4v) is 4.47. The molecular weight excluding hydrogens is 442 g/mol. The van der Waals surface area contributed by atoms with Crippen LogP contribution in [0.4, 0.5) is 5.13 Å². The van der Waals surface area contributed by atoms with Gasteiger partial charge in [-0.2, -0.15) is 5.10 Å². The molecule has 0 amide bonds. The summed E-state index contributed by atoms with van der Waals surface area (Å²) in [5.74, 6) is 1.45. The van der Waals surface area contributed by atoms with Gasteiger partial charge in [-0.25, -0.2) is 4.98 Å². The van der Waals surface area contributed by atoms with Crippen molar-refractivity contribution in [1.82, 2.24) is 4.98 Å². The first-order chi connectivity index (χ1) is 16.8. The monoisotopic (exact) mass is 471 g/mol. The van der Waals surface area contributed by atoms with Crippen LogP contribution >= 0.6 is 11.3 Å². The minimum Gasteiger partial charge on any atom is -0.493 e. The van der Waals surface area contributed by atoms with Gasteiger partial charge in [-0.05, 0) is 35.7 Å². The fourth-order valence-electron chi connectivity index (χ4n) is 3.52. The molecule has 0 aliphatic carbocycles. The zero-order chi connectivity index (χ0) is 23.6. The third-order valence-electron chi connectivity index (χ3n) is 5.28. The molecule has 0 aliphatic heterocycles. The lowest BCUT2D eigenvalue weighted by molar-refractivity contribution is 0.286. The number of unbranched alkanes of at least 4 members (excludes halogenated alkanes) is 2. The average Bonchev–Trinajstić information content (AvgIpc) is 3.32. The van der Waals surface area contributed by atoms with Crippen molar-refractivity contribution in [2.45, 2.75) is 26.2 Å². The summed E-state index contributed by atoms with van der Waals surface area (Å²) in [6.07, 6.45) is 5.13. The lowest BCUT2D eigenvalue weighted by atomic mass is 10.1. The van der Waals surface area contributed by atoms with Crippen LogP contribution in [0.25, 0.3) is 21.7 Å². The Morgan fingerprint density at radius 3 is 2.35 bits per heavy atom. The van der Waals surface area contributed by atoms with Crippen LogP contribution in [0, 0.1) is 0 Å². The van der Waals surface area contributed by atoms with E-state index in [0.29, 0.717) is 12.4 Å². The molecule has 174 valence electrons. The number of rotatable bonds is 11. The second kappa shape index (κ2) is 12.0. The molecule has 0 spiro atoms. The molecule has 0 aliphatic rings. The summed E-state index contributed by atoms with van der Waals surface area (Å²) >= 11 is 1.59. The highest BCUT2D eigenvalue weighted by atomic mass is 32.1. The van der Waals surface area contributed by atoms with Crippen LogP contribution in [-0.4, -0.2) is 24.9 Å². The van der Waals surface area contributed by atoms with Crippen molar-refractivity contribution >= 4 is 22.7 Å². The first-order valence-electron chi connectivity index (χ1n) is 11.5. The maximum absolute atomic E-state index is 5.87. The Hall–Kier alpha value is -3.64. The molecule has 0 saturated heterocycles. The van der Waals surface area contributed by atoms with Crippen LogP contribution in [0.3, 0.4) is 0 Å². The van der Waals surface area contributed by atoms with E-state index in [2.05, 4.69) is 41.7 Å². The fraction of sp³-hybridized carbons (Fsp3) is 0.214. The number of hydrogen-bond acceptors (Lipinski definition) is 6. The van der Waals surface area contributed by atoms with E-state index in [-0.39, 0.29) is 0 Å². The summed E-state index contributed by atoms with van der Waals surface area (Å²) < 4.78 is 11.4. The van der Waals surface area contributed by atoms with E-state index in [0.717, 1.165) is 51.0 Å². The molecule has 34 heavy (non-hydrogen) atoms. The van der Waals surface area contributed by atoms with Crippen LogP contribution in [0.5, 0.6) is 11.5 Å². The highest BCUT2D eigenvalue weighted by molar-refractivity contribution is 7.19. The van der Waals surface area contributed by atoms with Gasteiger partial charge in [0.15, 0.2) is 11.5 Å². The second-order valence-electron chi connectivity index (χ2n) is 7.76. The second-order valence-corrected chi connectivity index (χ2v) is 8.76. The first-order valence-corrected chi connectivity index (χ1v) is 12.3. The molecule has 0 unspecified atom stereocenters. The molecule has 0 bridgehead atoms. The Morgan fingerprint density at radius 1 is 0.912 bits per heavy atom. The molecule has 4 aromatic rings. The third-order valence-corrected chi connectivity index (χ3v) is 6.29. The minimum atomic E-state index is 0.691. The number of ether oxygens (including phenoxy) is 2. The number of nitrogens with one attached hydrogen (secondary N) is 1. The summed E-state index contributed by atoms with van der Waals surface area (Å²) in [7, 11) is 1.65. The Kier molecular flexibility index (Phi) is 8.30. The van der Waals surface area contributed by atoms with Crippen molar-refractivity contribution in [2.75, 3.05) is 19.1 Å². The Morgan fingerprint density at radius 2 is 1.65 bits per heavy atom. The molecule has 0 atom stereocenters. The van der Waals surface area contributed by atoms with Crippen LogP contribution in [0.2, 0.25) is 0 Å². The number of benzene rings is 3. The number of methoxy groups -OCH3 is 1. The SMILES string of the molecule is CCCCCOc1ccc(/C=N\Nc2nc(-c3ccccc3)c(-c3ccccc3)s2)cc1OC. The normalized spacial score (nSPS) is 11.0. The van der Waals surface area contributed by atoms with Crippen molar-refractivity contribution in [3.05, 3.63) is 84.4 Å². The molecule has 3 aromatic carbocycles. The number of anilines is 1. The number of hydrazone groups is 1. The Balaban J connectivity index is 1.50. The van der Waals surface area contributed by atoms with Gasteiger partial charge in [0.25, 0.3) is 0 Å². The topological polar surface area (TPSA) is 55.7 Å². The Bertz CT molecular complexity index is 1150. The van der Waals surface area contributed by atoms with Crippen LogP contribution in [0.1, 0.15) is 31.7 Å².